The summed E-state index contributed by atoms with van der Waals surface area (Å²) < 4.78 is 10.8. The fourth-order valence-corrected chi connectivity index (χ4v) is 3.38. The maximum atomic E-state index is 13.1. The molecule has 0 aromatic carbocycles. The Kier molecular flexibility index (Phi) is 4.34. The maximum absolute atomic E-state index is 13.1. The normalized spacial score (nSPS) is 20.2. The van der Waals surface area contributed by atoms with Crippen LogP contribution in [0.5, 0.6) is 0 Å². The van der Waals surface area contributed by atoms with Crippen molar-refractivity contribution < 1.29 is 18.4 Å². The first kappa shape index (κ1) is 16.0. The van der Waals surface area contributed by atoms with Crippen molar-refractivity contribution in [1.29, 1.82) is 0 Å². The highest BCUT2D eigenvalue weighted by molar-refractivity contribution is 5.89. The molecule has 0 unspecified atom stereocenters. The van der Waals surface area contributed by atoms with Crippen molar-refractivity contribution in [1.82, 2.24) is 9.80 Å². The summed E-state index contributed by atoms with van der Waals surface area (Å²) in [5.41, 5.74) is 0. The van der Waals surface area contributed by atoms with Gasteiger partial charge >= 0.3 is 0 Å². The van der Waals surface area contributed by atoms with Crippen LogP contribution in [0.25, 0.3) is 0 Å². The molecular weight excluding hydrogens is 320 g/mol. The molecule has 1 saturated heterocycles. The molecule has 2 aromatic rings. The Labute approximate surface area is 146 Å². The van der Waals surface area contributed by atoms with Gasteiger partial charge in [0.15, 0.2) is 0 Å². The molecule has 0 radical (unpaired) electrons. The Morgan fingerprint density at radius 3 is 2.28 bits per heavy atom. The Hall–Kier alpha value is -2.50. The van der Waals surface area contributed by atoms with Crippen LogP contribution in [0.1, 0.15) is 30.8 Å². The van der Waals surface area contributed by atoms with Crippen LogP contribution in [0, 0.1) is 11.8 Å². The molecule has 25 heavy (non-hydrogen) atoms. The number of furan rings is 2. The Morgan fingerprint density at radius 1 is 1.12 bits per heavy atom. The molecular formula is C19H22N2O4. The largest absolute Gasteiger partial charge is 0.467 e. The second kappa shape index (κ2) is 6.78. The molecule has 132 valence electrons. The molecule has 2 aliphatic rings. The number of likely N-dealkylation sites (tertiary alicyclic amines) is 1. The van der Waals surface area contributed by atoms with Crippen LogP contribution in [-0.4, -0.2) is 34.7 Å². The molecule has 3 heterocycles. The van der Waals surface area contributed by atoms with Crippen LogP contribution in [0.2, 0.25) is 0 Å². The van der Waals surface area contributed by atoms with Gasteiger partial charge in [0.2, 0.25) is 11.8 Å². The first-order chi connectivity index (χ1) is 12.2. The number of hydrogen-bond acceptors (Lipinski definition) is 4. The lowest BCUT2D eigenvalue weighted by atomic mass is 10.1. The number of carbonyl (C=O) groups is 2. The van der Waals surface area contributed by atoms with E-state index in [1.807, 2.05) is 17.0 Å². The summed E-state index contributed by atoms with van der Waals surface area (Å²) in [6.07, 6.45) is 5.90. The highest BCUT2D eigenvalue weighted by Gasteiger charge is 2.39. The number of nitrogens with zero attached hydrogens (tertiary/aromatic N) is 2. The molecule has 1 aliphatic carbocycles. The molecule has 0 bridgehead atoms. The van der Waals surface area contributed by atoms with Gasteiger partial charge in [-0.15, -0.1) is 0 Å². The number of carbonyl (C=O) groups excluding carboxylic acids is 2. The van der Waals surface area contributed by atoms with Crippen molar-refractivity contribution in [3.05, 3.63) is 48.3 Å². The topological polar surface area (TPSA) is 66.9 Å². The van der Waals surface area contributed by atoms with Gasteiger partial charge < -0.3 is 18.6 Å². The smallest absolute Gasteiger partial charge is 0.228 e. The average Bonchev–Trinajstić information content (AvgIpc) is 2.99. The van der Waals surface area contributed by atoms with Crippen LogP contribution in [0.4, 0.5) is 0 Å². The van der Waals surface area contributed by atoms with E-state index in [9.17, 15) is 9.59 Å². The van der Waals surface area contributed by atoms with E-state index >= 15 is 0 Å². The molecule has 1 saturated carbocycles. The maximum Gasteiger partial charge on any atom is 0.228 e. The molecule has 1 atom stereocenters. The summed E-state index contributed by atoms with van der Waals surface area (Å²) >= 11 is 0. The molecule has 0 spiro atoms. The zero-order valence-corrected chi connectivity index (χ0v) is 14.1. The summed E-state index contributed by atoms with van der Waals surface area (Å²) in [6, 6.07) is 7.31. The van der Waals surface area contributed by atoms with Gasteiger partial charge in [0.1, 0.15) is 11.5 Å². The van der Waals surface area contributed by atoms with Crippen molar-refractivity contribution in [2.45, 2.75) is 32.4 Å². The standard InChI is InChI=1S/C19H22N2O4/c22-18-9-15(11-20(18)10-14-5-6-14)19(23)21(12-16-3-1-7-24-16)13-17-4-2-8-25-17/h1-4,7-8,14-15H,5-6,9-13H2/t15-/m0/s1. The van der Waals surface area contributed by atoms with Crippen LogP contribution in [-0.2, 0) is 22.7 Å². The number of amides is 2. The van der Waals surface area contributed by atoms with Crippen molar-refractivity contribution in [2.24, 2.45) is 11.8 Å². The van der Waals surface area contributed by atoms with Gasteiger partial charge in [-0.25, -0.2) is 0 Å². The summed E-state index contributed by atoms with van der Waals surface area (Å²) in [4.78, 5) is 28.9. The fourth-order valence-electron chi connectivity index (χ4n) is 3.38. The lowest BCUT2D eigenvalue weighted by Gasteiger charge is -2.24. The molecule has 0 N–H and O–H groups in total. The molecule has 6 nitrogen and oxygen atoms in total. The van der Waals surface area contributed by atoms with E-state index in [2.05, 4.69) is 0 Å². The Balaban J connectivity index is 1.45. The lowest BCUT2D eigenvalue weighted by molar-refractivity contribution is -0.137. The monoisotopic (exact) mass is 342 g/mol. The quantitative estimate of drug-likeness (QED) is 0.776. The van der Waals surface area contributed by atoms with E-state index in [0.717, 1.165) is 18.1 Å². The third-order valence-corrected chi connectivity index (χ3v) is 4.90. The number of rotatable bonds is 7. The van der Waals surface area contributed by atoms with Crippen LogP contribution >= 0.6 is 0 Å². The average molecular weight is 342 g/mol. The van der Waals surface area contributed by atoms with Gasteiger partial charge in [0.25, 0.3) is 0 Å². The van der Waals surface area contributed by atoms with E-state index in [1.54, 1.807) is 29.6 Å². The third kappa shape index (κ3) is 3.78. The van der Waals surface area contributed by atoms with E-state index in [0.29, 0.717) is 32.0 Å². The van der Waals surface area contributed by atoms with E-state index in [-0.39, 0.29) is 17.7 Å². The minimum atomic E-state index is -0.281. The van der Waals surface area contributed by atoms with Gasteiger partial charge in [-0.2, -0.15) is 0 Å². The predicted molar refractivity (Wildman–Crippen MR) is 89.1 cm³/mol. The molecule has 1 aliphatic heterocycles. The summed E-state index contributed by atoms with van der Waals surface area (Å²) in [5, 5.41) is 0. The van der Waals surface area contributed by atoms with Crippen molar-refractivity contribution in [3.8, 4) is 0 Å². The van der Waals surface area contributed by atoms with Crippen LogP contribution in [0.15, 0.2) is 45.6 Å². The molecule has 6 heteroatoms. The minimum Gasteiger partial charge on any atom is -0.467 e. The second-order valence-electron chi connectivity index (χ2n) is 7.00. The van der Waals surface area contributed by atoms with E-state index < -0.39 is 0 Å². The van der Waals surface area contributed by atoms with Gasteiger partial charge in [-0.1, -0.05) is 0 Å². The van der Waals surface area contributed by atoms with Gasteiger partial charge in [0, 0.05) is 19.5 Å². The zero-order chi connectivity index (χ0) is 17.2. The number of hydrogen-bond donors (Lipinski definition) is 0. The summed E-state index contributed by atoms with van der Waals surface area (Å²) in [5.74, 6) is 1.88. The lowest BCUT2D eigenvalue weighted by Crippen LogP contribution is -2.36. The highest BCUT2D eigenvalue weighted by atomic mass is 16.3. The van der Waals surface area contributed by atoms with Crippen molar-refractivity contribution in [3.63, 3.8) is 0 Å². The predicted octanol–water partition coefficient (Wildman–Crippen LogP) is 2.66. The van der Waals surface area contributed by atoms with E-state index in [4.69, 9.17) is 8.83 Å². The van der Waals surface area contributed by atoms with E-state index in [1.165, 1.54) is 12.8 Å². The van der Waals surface area contributed by atoms with Gasteiger partial charge in [0.05, 0.1) is 31.5 Å². The Morgan fingerprint density at radius 2 is 1.76 bits per heavy atom. The highest BCUT2D eigenvalue weighted by Crippen LogP contribution is 2.32. The fraction of sp³-hybridized carbons (Fsp3) is 0.474. The molecule has 4 rings (SSSR count). The second-order valence-corrected chi connectivity index (χ2v) is 7.00. The summed E-state index contributed by atoms with van der Waals surface area (Å²) in [6.45, 7) is 2.08. The van der Waals surface area contributed by atoms with Crippen LogP contribution < -0.4 is 0 Å². The third-order valence-electron chi connectivity index (χ3n) is 4.90. The first-order valence-electron chi connectivity index (χ1n) is 8.80. The zero-order valence-electron chi connectivity index (χ0n) is 14.1. The molecule has 2 amide bonds. The van der Waals surface area contributed by atoms with Crippen molar-refractivity contribution >= 4 is 11.8 Å². The minimum absolute atomic E-state index is 0.0144. The summed E-state index contributed by atoms with van der Waals surface area (Å²) in [7, 11) is 0. The SMILES string of the molecule is O=C1C[C@H](C(=O)N(Cc2ccco2)Cc2ccco2)CN1CC1CC1. The molecule has 2 fully saturated rings. The Bertz CT molecular complexity index is 682. The van der Waals surface area contributed by atoms with Crippen molar-refractivity contribution in [2.75, 3.05) is 13.1 Å². The van der Waals surface area contributed by atoms with Gasteiger partial charge in [-0.05, 0) is 43.0 Å². The van der Waals surface area contributed by atoms with Gasteiger partial charge in [-0.3, -0.25) is 9.59 Å². The van der Waals surface area contributed by atoms with Crippen LogP contribution in [0.3, 0.4) is 0 Å². The molecule has 2 aromatic heterocycles. The first-order valence-corrected chi connectivity index (χ1v) is 8.80.